The molecule has 3 unspecified atom stereocenters. The number of halogens is 1. The van der Waals surface area contributed by atoms with Crippen molar-refractivity contribution in [2.75, 3.05) is 13.7 Å². The summed E-state index contributed by atoms with van der Waals surface area (Å²) in [6.07, 6.45) is 5.05. The first-order valence-corrected chi connectivity index (χ1v) is 7.21. The first-order valence-electron chi connectivity index (χ1n) is 7.21. The lowest BCUT2D eigenvalue weighted by Gasteiger charge is -2.35. The molecule has 0 aromatic heterocycles. The lowest BCUT2D eigenvalue weighted by molar-refractivity contribution is 0.218. The molecule has 2 N–H and O–H groups in total. The number of benzene rings is 1. The van der Waals surface area contributed by atoms with Crippen LogP contribution in [0.25, 0.3) is 0 Å². The van der Waals surface area contributed by atoms with Gasteiger partial charge in [-0.1, -0.05) is 32.3 Å². The van der Waals surface area contributed by atoms with Gasteiger partial charge in [-0.25, -0.2) is 4.39 Å². The number of hydrogen-bond donors (Lipinski definition) is 1. The molecule has 2 rings (SSSR count). The molecule has 3 atom stereocenters. The summed E-state index contributed by atoms with van der Waals surface area (Å²) in [7, 11) is 1.49. The Morgan fingerprint density at radius 3 is 2.68 bits per heavy atom. The third kappa shape index (κ3) is 3.08. The topological polar surface area (TPSA) is 35.2 Å². The van der Waals surface area contributed by atoms with Gasteiger partial charge in [0.05, 0.1) is 7.11 Å². The highest BCUT2D eigenvalue weighted by Gasteiger charge is 2.29. The lowest BCUT2D eigenvalue weighted by Crippen LogP contribution is -2.28. The Hall–Kier alpha value is -1.09. The number of rotatable bonds is 4. The lowest BCUT2D eigenvalue weighted by atomic mass is 9.71. The maximum Gasteiger partial charge on any atom is 0.165 e. The number of methoxy groups -OCH3 is 1. The van der Waals surface area contributed by atoms with Crippen LogP contribution in [-0.2, 0) is 0 Å². The zero-order valence-corrected chi connectivity index (χ0v) is 11.9. The second kappa shape index (κ2) is 6.38. The number of nitrogens with two attached hydrogens (primary N) is 1. The fourth-order valence-corrected chi connectivity index (χ4v) is 3.41. The molecule has 2 nitrogen and oxygen atoms in total. The van der Waals surface area contributed by atoms with E-state index in [1.807, 2.05) is 6.07 Å². The molecular weight excluding hydrogens is 241 g/mol. The van der Waals surface area contributed by atoms with Crippen LogP contribution in [0.5, 0.6) is 5.75 Å². The van der Waals surface area contributed by atoms with Crippen molar-refractivity contribution >= 4 is 0 Å². The van der Waals surface area contributed by atoms with Gasteiger partial charge in [0.1, 0.15) is 0 Å². The fourth-order valence-electron chi connectivity index (χ4n) is 3.41. The van der Waals surface area contributed by atoms with Crippen LogP contribution in [0.2, 0.25) is 0 Å². The van der Waals surface area contributed by atoms with E-state index in [-0.39, 0.29) is 11.7 Å². The molecule has 3 heteroatoms. The highest BCUT2D eigenvalue weighted by Crippen LogP contribution is 2.40. The summed E-state index contributed by atoms with van der Waals surface area (Å²) in [4.78, 5) is 0. The van der Waals surface area contributed by atoms with Crippen molar-refractivity contribution in [1.82, 2.24) is 0 Å². The van der Waals surface area contributed by atoms with Crippen molar-refractivity contribution < 1.29 is 9.13 Å². The summed E-state index contributed by atoms with van der Waals surface area (Å²) < 4.78 is 18.8. The van der Waals surface area contributed by atoms with Gasteiger partial charge in [-0.05, 0) is 48.4 Å². The molecule has 0 bridgehead atoms. The van der Waals surface area contributed by atoms with Crippen molar-refractivity contribution in [3.8, 4) is 5.75 Å². The molecule has 106 valence electrons. The number of ether oxygens (including phenoxy) is 1. The summed E-state index contributed by atoms with van der Waals surface area (Å²) in [5.41, 5.74) is 6.98. The van der Waals surface area contributed by atoms with Crippen LogP contribution in [0.15, 0.2) is 18.2 Å². The Kier molecular flexibility index (Phi) is 4.81. The molecule has 0 saturated heterocycles. The molecule has 1 aromatic carbocycles. The quantitative estimate of drug-likeness (QED) is 0.901. The summed E-state index contributed by atoms with van der Waals surface area (Å²) in [6, 6.07) is 5.26. The minimum Gasteiger partial charge on any atom is -0.494 e. The standard InChI is InChI=1S/C16H24FNO/c1-11-5-3-4-6-13(11)14(10-18)12-7-8-16(19-2)15(17)9-12/h7-9,11,13-14H,3-6,10,18H2,1-2H3. The van der Waals surface area contributed by atoms with E-state index in [2.05, 4.69) is 6.92 Å². The Morgan fingerprint density at radius 1 is 1.37 bits per heavy atom. The average Bonchev–Trinajstić information content (AvgIpc) is 2.42. The van der Waals surface area contributed by atoms with Crippen LogP contribution in [0.1, 0.15) is 44.1 Å². The Labute approximate surface area is 115 Å². The summed E-state index contributed by atoms with van der Waals surface area (Å²) in [5, 5.41) is 0. The maximum absolute atomic E-state index is 13.8. The minimum absolute atomic E-state index is 0.260. The Bertz CT molecular complexity index is 421. The zero-order chi connectivity index (χ0) is 13.8. The van der Waals surface area contributed by atoms with Crippen molar-refractivity contribution in [1.29, 1.82) is 0 Å². The smallest absolute Gasteiger partial charge is 0.165 e. The van der Waals surface area contributed by atoms with Gasteiger partial charge in [0, 0.05) is 0 Å². The van der Waals surface area contributed by atoms with Gasteiger partial charge in [-0.15, -0.1) is 0 Å². The van der Waals surface area contributed by atoms with Crippen molar-refractivity contribution in [3.05, 3.63) is 29.6 Å². The van der Waals surface area contributed by atoms with E-state index in [9.17, 15) is 4.39 Å². The first kappa shape index (κ1) is 14.3. The second-order valence-corrected chi connectivity index (χ2v) is 5.66. The molecule has 1 aromatic rings. The second-order valence-electron chi connectivity index (χ2n) is 5.66. The SMILES string of the molecule is COc1ccc(C(CN)C2CCCCC2C)cc1F. The van der Waals surface area contributed by atoms with Crippen LogP contribution in [0.3, 0.4) is 0 Å². The molecule has 1 saturated carbocycles. The summed E-state index contributed by atoms with van der Waals surface area (Å²) in [6.45, 7) is 2.88. The third-order valence-corrected chi connectivity index (χ3v) is 4.55. The predicted octanol–water partition coefficient (Wildman–Crippen LogP) is 3.70. The molecule has 1 aliphatic carbocycles. The normalized spacial score (nSPS) is 25.1. The Balaban J connectivity index is 2.23. The highest BCUT2D eigenvalue weighted by molar-refractivity contribution is 5.32. The van der Waals surface area contributed by atoms with Gasteiger partial charge in [0.2, 0.25) is 0 Å². The molecule has 0 radical (unpaired) electrons. The van der Waals surface area contributed by atoms with Crippen molar-refractivity contribution in [2.24, 2.45) is 17.6 Å². The van der Waals surface area contributed by atoms with Gasteiger partial charge in [-0.2, -0.15) is 0 Å². The molecule has 1 aliphatic rings. The summed E-state index contributed by atoms with van der Waals surface area (Å²) in [5.74, 6) is 1.52. The molecule has 1 fully saturated rings. The van der Waals surface area contributed by atoms with Gasteiger partial charge in [-0.3, -0.25) is 0 Å². The van der Waals surface area contributed by atoms with E-state index < -0.39 is 0 Å². The maximum atomic E-state index is 13.8. The van der Waals surface area contributed by atoms with E-state index >= 15 is 0 Å². The molecule has 0 aliphatic heterocycles. The van der Waals surface area contributed by atoms with Crippen molar-refractivity contribution in [2.45, 2.75) is 38.5 Å². The molecule has 0 spiro atoms. The fraction of sp³-hybridized carbons (Fsp3) is 0.625. The van der Waals surface area contributed by atoms with E-state index in [1.165, 1.54) is 32.8 Å². The highest BCUT2D eigenvalue weighted by atomic mass is 19.1. The minimum atomic E-state index is -0.290. The average molecular weight is 265 g/mol. The monoisotopic (exact) mass is 265 g/mol. The summed E-state index contributed by atoms with van der Waals surface area (Å²) >= 11 is 0. The van der Waals surface area contributed by atoms with Crippen LogP contribution >= 0.6 is 0 Å². The van der Waals surface area contributed by atoms with Gasteiger partial charge < -0.3 is 10.5 Å². The van der Waals surface area contributed by atoms with Gasteiger partial charge in [0.25, 0.3) is 0 Å². The van der Waals surface area contributed by atoms with Crippen LogP contribution in [0.4, 0.5) is 4.39 Å². The third-order valence-electron chi connectivity index (χ3n) is 4.55. The van der Waals surface area contributed by atoms with E-state index in [4.69, 9.17) is 10.5 Å². The Morgan fingerprint density at radius 2 is 2.11 bits per heavy atom. The number of hydrogen-bond acceptors (Lipinski definition) is 2. The van der Waals surface area contributed by atoms with E-state index in [0.29, 0.717) is 24.1 Å². The first-order chi connectivity index (χ1) is 9.17. The predicted molar refractivity (Wildman–Crippen MR) is 75.9 cm³/mol. The van der Waals surface area contributed by atoms with Gasteiger partial charge >= 0.3 is 0 Å². The molecule has 19 heavy (non-hydrogen) atoms. The van der Waals surface area contributed by atoms with Crippen LogP contribution in [0, 0.1) is 17.7 Å². The molecule has 0 amide bonds. The van der Waals surface area contributed by atoms with Gasteiger partial charge in [0.15, 0.2) is 11.6 Å². The zero-order valence-electron chi connectivity index (χ0n) is 11.9. The van der Waals surface area contributed by atoms with Crippen LogP contribution in [-0.4, -0.2) is 13.7 Å². The van der Waals surface area contributed by atoms with Crippen LogP contribution < -0.4 is 10.5 Å². The van der Waals surface area contributed by atoms with E-state index in [0.717, 1.165) is 5.56 Å². The largest absolute Gasteiger partial charge is 0.494 e. The molecule has 0 heterocycles. The van der Waals surface area contributed by atoms with E-state index in [1.54, 1.807) is 12.1 Å². The molecular formula is C16H24FNO. The van der Waals surface area contributed by atoms with Crippen molar-refractivity contribution in [3.63, 3.8) is 0 Å².